The van der Waals surface area contributed by atoms with E-state index in [0.29, 0.717) is 5.82 Å². The fourth-order valence-corrected chi connectivity index (χ4v) is 1.11. The Bertz CT molecular complexity index is 341. The molecule has 0 spiro atoms. The zero-order valence-corrected chi connectivity index (χ0v) is 8.98. The predicted molar refractivity (Wildman–Crippen MR) is 55.9 cm³/mol. The van der Waals surface area contributed by atoms with Gasteiger partial charge in [0, 0.05) is 13.5 Å². The maximum absolute atomic E-state index is 10.5. The first-order chi connectivity index (χ1) is 6.56. The lowest BCUT2D eigenvalue weighted by molar-refractivity contribution is -0.392. The standard InChI is InChI=1S/C7H12N4O3.ClH/c1-5-9-3-7(11(13)14)10(5)4-6(12)2-8;/h3,6,12H,2,4,8H2,1H3;1H. The van der Waals surface area contributed by atoms with Crippen molar-refractivity contribution >= 4 is 18.2 Å². The van der Waals surface area contributed by atoms with Crippen LogP contribution in [0.4, 0.5) is 5.82 Å². The van der Waals surface area contributed by atoms with Crippen molar-refractivity contribution in [3.8, 4) is 0 Å². The van der Waals surface area contributed by atoms with E-state index in [0.717, 1.165) is 0 Å². The first-order valence-electron chi connectivity index (χ1n) is 4.11. The molecule has 0 aliphatic rings. The number of aryl methyl sites for hydroxylation is 1. The molecular weight excluding hydrogens is 224 g/mol. The lowest BCUT2D eigenvalue weighted by atomic mass is 10.3. The summed E-state index contributed by atoms with van der Waals surface area (Å²) in [5.74, 6) is 0.360. The van der Waals surface area contributed by atoms with E-state index >= 15 is 0 Å². The summed E-state index contributed by atoms with van der Waals surface area (Å²) in [4.78, 5) is 13.8. The highest BCUT2D eigenvalue weighted by Gasteiger charge is 2.19. The van der Waals surface area contributed by atoms with Crippen LogP contribution in [-0.2, 0) is 6.54 Å². The quantitative estimate of drug-likeness (QED) is 0.558. The van der Waals surface area contributed by atoms with Crippen LogP contribution in [0.2, 0.25) is 0 Å². The average Bonchev–Trinajstić information content (AvgIpc) is 2.48. The average molecular weight is 237 g/mol. The van der Waals surface area contributed by atoms with Gasteiger partial charge in [0.05, 0.1) is 0 Å². The van der Waals surface area contributed by atoms with Crippen LogP contribution in [0.25, 0.3) is 0 Å². The molecule has 7 nitrogen and oxygen atoms in total. The molecular formula is C7H13ClN4O3. The highest BCUT2D eigenvalue weighted by molar-refractivity contribution is 5.85. The van der Waals surface area contributed by atoms with Crippen molar-refractivity contribution in [1.29, 1.82) is 0 Å². The summed E-state index contributed by atoms with van der Waals surface area (Å²) in [5, 5.41) is 19.8. The number of hydrogen-bond donors (Lipinski definition) is 2. The van der Waals surface area contributed by atoms with Crippen LogP contribution in [0.3, 0.4) is 0 Å². The van der Waals surface area contributed by atoms with Gasteiger partial charge in [-0.25, -0.2) is 9.55 Å². The number of aromatic nitrogens is 2. The van der Waals surface area contributed by atoms with Crippen molar-refractivity contribution in [2.75, 3.05) is 6.54 Å². The molecule has 0 fully saturated rings. The third-order valence-corrected chi connectivity index (χ3v) is 1.89. The SMILES string of the molecule is Cc1ncc([N+](=O)[O-])n1CC(O)CN.Cl. The second kappa shape index (κ2) is 5.64. The second-order valence-electron chi connectivity index (χ2n) is 2.92. The minimum atomic E-state index is -0.790. The van der Waals surface area contributed by atoms with Gasteiger partial charge >= 0.3 is 5.82 Å². The fraction of sp³-hybridized carbons (Fsp3) is 0.571. The molecule has 8 heteroatoms. The summed E-state index contributed by atoms with van der Waals surface area (Å²) in [5.41, 5.74) is 5.21. The number of nitrogens with two attached hydrogens (primary N) is 1. The van der Waals surface area contributed by atoms with Crippen LogP contribution in [0.1, 0.15) is 5.82 Å². The van der Waals surface area contributed by atoms with E-state index in [2.05, 4.69) is 4.98 Å². The Morgan fingerprint density at radius 2 is 2.40 bits per heavy atom. The first-order valence-corrected chi connectivity index (χ1v) is 4.11. The Kier molecular flexibility index (Phi) is 5.20. The summed E-state index contributed by atoms with van der Waals surface area (Å²) < 4.78 is 1.33. The van der Waals surface area contributed by atoms with E-state index < -0.39 is 11.0 Å². The van der Waals surface area contributed by atoms with Crippen molar-refractivity contribution in [3.63, 3.8) is 0 Å². The molecule has 1 unspecified atom stereocenters. The van der Waals surface area contributed by atoms with Crippen molar-refractivity contribution in [3.05, 3.63) is 22.1 Å². The van der Waals surface area contributed by atoms with Crippen LogP contribution >= 0.6 is 12.4 Å². The Morgan fingerprint density at radius 1 is 1.80 bits per heavy atom. The maximum atomic E-state index is 10.5. The molecule has 0 bridgehead atoms. The highest BCUT2D eigenvalue weighted by Crippen LogP contribution is 2.13. The first kappa shape index (κ1) is 13.8. The van der Waals surface area contributed by atoms with Gasteiger partial charge in [0.1, 0.15) is 18.8 Å². The monoisotopic (exact) mass is 236 g/mol. The normalized spacial score (nSPS) is 11.9. The molecule has 0 radical (unpaired) electrons. The molecule has 0 saturated heterocycles. The van der Waals surface area contributed by atoms with Gasteiger partial charge in [0.2, 0.25) is 0 Å². The summed E-state index contributed by atoms with van der Waals surface area (Å²) in [6.07, 6.45) is 0.375. The number of aliphatic hydroxyl groups is 1. The van der Waals surface area contributed by atoms with Gasteiger partial charge < -0.3 is 21.0 Å². The van der Waals surface area contributed by atoms with Crippen LogP contribution in [-0.4, -0.2) is 32.2 Å². The van der Waals surface area contributed by atoms with Crippen molar-refractivity contribution < 1.29 is 10.0 Å². The second-order valence-corrected chi connectivity index (χ2v) is 2.92. The number of nitro groups is 1. The summed E-state index contributed by atoms with van der Waals surface area (Å²) >= 11 is 0. The van der Waals surface area contributed by atoms with E-state index in [4.69, 9.17) is 5.73 Å². The van der Waals surface area contributed by atoms with Crippen LogP contribution in [0.15, 0.2) is 6.20 Å². The topological polar surface area (TPSA) is 107 Å². The predicted octanol–water partition coefficient (Wildman–Crippen LogP) is -0.159. The molecule has 1 heterocycles. The number of hydrogen-bond acceptors (Lipinski definition) is 5. The van der Waals surface area contributed by atoms with Gasteiger partial charge in [-0.2, -0.15) is 0 Å². The minimum absolute atomic E-state index is 0. The zero-order chi connectivity index (χ0) is 10.7. The fourth-order valence-electron chi connectivity index (χ4n) is 1.11. The van der Waals surface area contributed by atoms with Gasteiger partial charge in [-0.3, -0.25) is 0 Å². The van der Waals surface area contributed by atoms with Crippen LogP contribution < -0.4 is 5.73 Å². The Labute approximate surface area is 92.5 Å². The van der Waals surface area contributed by atoms with E-state index in [1.54, 1.807) is 6.92 Å². The molecule has 0 aliphatic heterocycles. The number of imidazole rings is 1. The van der Waals surface area contributed by atoms with Gasteiger partial charge in [-0.05, 0) is 4.92 Å². The van der Waals surface area contributed by atoms with E-state index in [-0.39, 0.29) is 31.3 Å². The molecule has 3 N–H and O–H groups in total. The molecule has 15 heavy (non-hydrogen) atoms. The van der Waals surface area contributed by atoms with E-state index in [9.17, 15) is 15.2 Å². The number of halogens is 1. The molecule has 0 aliphatic carbocycles. The zero-order valence-electron chi connectivity index (χ0n) is 8.16. The summed E-state index contributed by atoms with van der Waals surface area (Å²) in [6.45, 7) is 1.80. The molecule has 1 rings (SSSR count). The molecule has 0 aromatic carbocycles. The van der Waals surface area contributed by atoms with Crippen LogP contribution in [0, 0.1) is 17.0 Å². The smallest absolute Gasteiger partial charge is 0.342 e. The summed E-state index contributed by atoms with van der Waals surface area (Å²) in [6, 6.07) is 0. The Balaban J connectivity index is 0.00000196. The van der Waals surface area contributed by atoms with E-state index in [1.807, 2.05) is 0 Å². The van der Waals surface area contributed by atoms with Gasteiger partial charge in [0.15, 0.2) is 5.82 Å². The Hall–Kier alpha value is -1.18. The summed E-state index contributed by atoms with van der Waals surface area (Å²) in [7, 11) is 0. The molecule has 86 valence electrons. The number of aliphatic hydroxyl groups excluding tert-OH is 1. The molecule has 1 aromatic heterocycles. The van der Waals surface area contributed by atoms with Crippen molar-refractivity contribution in [1.82, 2.24) is 9.55 Å². The number of rotatable bonds is 4. The maximum Gasteiger partial charge on any atom is 0.342 e. The van der Waals surface area contributed by atoms with Gasteiger partial charge in [-0.1, -0.05) is 0 Å². The Morgan fingerprint density at radius 3 is 2.87 bits per heavy atom. The molecule has 1 atom stereocenters. The molecule has 0 saturated carbocycles. The van der Waals surface area contributed by atoms with E-state index in [1.165, 1.54) is 10.8 Å². The number of nitrogens with zero attached hydrogens (tertiary/aromatic N) is 3. The molecule has 1 aromatic rings. The largest absolute Gasteiger partial charge is 0.388 e. The third-order valence-electron chi connectivity index (χ3n) is 1.89. The van der Waals surface area contributed by atoms with Crippen LogP contribution in [0.5, 0.6) is 0 Å². The van der Waals surface area contributed by atoms with Gasteiger partial charge in [-0.15, -0.1) is 12.4 Å². The van der Waals surface area contributed by atoms with Crippen molar-refractivity contribution in [2.24, 2.45) is 5.73 Å². The third kappa shape index (κ3) is 3.15. The lowest BCUT2D eigenvalue weighted by Gasteiger charge is -2.06. The minimum Gasteiger partial charge on any atom is -0.388 e. The lowest BCUT2D eigenvalue weighted by Crippen LogP contribution is -2.26. The van der Waals surface area contributed by atoms with Gasteiger partial charge in [0.25, 0.3) is 0 Å². The highest BCUT2D eigenvalue weighted by atomic mass is 35.5. The van der Waals surface area contributed by atoms with Crippen molar-refractivity contribution in [2.45, 2.75) is 19.6 Å². The molecule has 0 amide bonds.